The highest BCUT2D eigenvalue weighted by Crippen LogP contribution is 2.11. The Balaban J connectivity index is 2.06. The minimum absolute atomic E-state index is 0.212. The summed E-state index contributed by atoms with van der Waals surface area (Å²) in [5.74, 6) is -0.646. The monoisotopic (exact) mass is 256 g/mol. The lowest BCUT2D eigenvalue weighted by Gasteiger charge is -2.15. The number of hydrogen-bond donors (Lipinski definition) is 2. The second-order valence-electron chi connectivity index (χ2n) is 4.04. The van der Waals surface area contributed by atoms with Crippen LogP contribution in [0, 0.1) is 11.3 Å². The molecule has 1 heterocycles. The molecule has 1 aromatic carbocycles. The quantitative estimate of drug-likeness (QED) is 0.830. The van der Waals surface area contributed by atoms with Crippen molar-refractivity contribution >= 4 is 17.5 Å². The molecule has 1 aromatic rings. The molecule has 1 aliphatic heterocycles. The molecular weight excluding hydrogens is 244 g/mol. The highest BCUT2D eigenvalue weighted by molar-refractivity contribution is 6.39. The Hall–Kier alpha value is -2.68. The molecule has 19 heavy (non-hydrogen) atoms. The number of rotatable bonds is 3. The zero-order valence-electron chi connectivity index (χ0n) is 10.1. The van der Waals surface area contributed by atoms with E-state index in [1.807, 2.05) is 12.1 Å². The Kier molecular flexibility index (Phi) is 3.88. The van der Waals surface area contributed by atoms with E-state index in [9.17, 15) is 9.59 Å². The van der Waals surface area contributed by atoms with Crippen molar-refractivity contribution in [3.05, 3.63) is 35.9 Å². The van der Waals surface area contributed by atoms with Gasteiger partial charge in [-0.25, -0.2) is 5.43 Å². The molecule has 0 aliphatic carbocycles. The number of nitrogens with one attached hydrogen (secondary N) is 2. The fourth-order valence-electron chi connectivity index (χ4n) is 1.69. The van der Waals surface area contributed by atoms with E-state index in [0.29, 0.717) is 5.56 Å². The van der Waals surface area contributed by atoms with Crippen LogP contribution < -0.4 is 10.7 Å². The fourth-order valence-corrected chi connectivity index (χ4v) is 1.69. The molecule has 0 spiro atoms. The topological polar surface area (TPSA) is 94.3 Å². The van der Waals surface area contributed by atoms with Crippen molar-refractivity contribution in [2.45, 2.75) is 18.9 Å². The van der Waals surface area contributed by atoms with Crippen LogP contribution in [0.25, 0.3) is 0 Å². The van der Waals surface area contributed by atoms with Gasteiger partial charge in [0.15, 0.2) is 0 Å². The summed E-state index contributed by atoms with van der Waals surface area (Å²) in [6.45, 7) is 0. The van der Waals surface area contributed by atoms with Crippen LogP contribution >= 0.6 is 0 Å². The summed E-state index contributed by atoms with van der Waals surface area (Å²) in [4.78, 5) is 22.8. The van der Waals surface area contributed by atoms with Gasteiger partial charge in [-0.3, -0.25) is 9.59 Å². The van der Waals surface area contributed by atoms with Crippen molar-refractivity contribution in [3.8, 4) is 6.07 Å². The van der Waals surface area contributed by atoms with E-state index in [1.165, 1.54) is 0 Å². The van der Waals surface area contributed by atoms with Crippen LogP contribution in [0.4, 0.5) is 0 Å². The van der Waals surface area contributed by atoms with Gasteiger partial charge in [0.05, 0.1) is 6.07 Å². The van der Waals surface area contributed by atoms with Crippen LogP contribution in [0.3, 0.4) is 0 Å². The largest absolute Gasteiger partial charge is 0.331 e. The third-order valence-electron chi connectivity index (χ3n) is 2.70. The first-order chi connectivity index (χ1) is 9.20. The van der Waals surface area contributed by atoms with Crippen LogP contribution in [-0.4, -0.2) is 17.5 Å². The summed E-state index contributed by atoms with van der Waals surface area (Å²) in [5.41, 5.74) is 3.19. The zero-order chi connectivity index (χ0) is 13.7. The first-order valence-electron chi connectivity index (χ1n) is 5.81. The molecule has 0 saturated heterocycles. The van der Waals surface area contributed by atoms with Gasteiger partial charge >= 0.3 is 0 Å². The Morgan fingerprint density at radius 3 is 2.68 bits per heavy atom. The molecule has 2 rings (SSSR count). The molecular formula is C13H12N4O2. The number of nitrogens with zero attached hydrogens (tertiary/aromatic N) is 2. The maximum absolute atomic E-state index is 11.9. The van der Waals surface area contributed by atoms with Crippen LogP contribution in [0.2, 0.25) is 0 Å². The number of amides is 2. The lowest BCUT2D eigenvalue weighted by Crippen LogP contribution is -2.38. The molecule has 1 aliphatic rings. The first kappa shape index (κ1) is 12.8. The molecule has 0 fully saturated rings. The lowest BCUT2D eigenvalue weighted by atomic mass is 10.1. The van der Waals surface area contributed by atoms with E-state index in [2.05, 4.69) is 15.8 Å². The first-order valence-corrected chi connectivity index (χ1v) is 5.81. The summed E-state index contributed by atoms with van der Waals surface area (Å²) in [5, 5.41) is 15.4. The number of carbonyl (C=O) groups is 2. The van der Waals surface area contributed by atoms with Crippen molar-refractivity contribution in [1.29, 1.82) is 5.26 Å². The van der Waals surface area contributed by atoms with Crippen molar-refractivity contribution in [2.75, 3.05) is 0 Å². The predicted molar refractivity (Wildman–Crippen MR) is 67.8 cm³/mol. The van der Waals surface area contributed by atoms with E-state index < -0.39 is 11.9 Å². The Morgan fingerprint density at radius 2 is 2.11 bits per heavy atom. The summed E-state index contributed by atoms with van der Waals surface area (Å²) in [6.07, 6.45) is 0.513. The highest BCUT2D eigenvalue weighted by atomic mass is 16.2. The Bertz CT molecular complexity index is 560. The fraction of sp³-hybridized carbons (Fsp3) is 0.231. The average molecular weight is 256 g/mol. The minimum atomic E-state index is -0.728. The van der Waals surface area contributed by atoms with Crippen molar-refractivity contribution in [1.82, 2.24) is 10.7 Å². The lowest BCUT2D eigenvalue weighted by molar-refractivity contribution is -0.121. The second-order valence-corrected chi connectivity index (χ2v) is 4.04. The molecule has 96 valence electrons. The smallest absolute Gasteiger partial charge is 0.268 e. The van der Waals surface area contributed by atoms with Crippen LogP contribution in [0.5, 0.6) is 0 Å². The van der Waals surface area contributed by atoms with E-state index >= 15 is 0 Å². The Morgan fingerprint density at radius 1 is 1.37 bits per heavy atom. The SMILES string of the molecule is N#CC(NC(=O)C1=NNC(=O)CC1)c1ccccc1. The van der Waals surface area contributed by atoms with Gasteiger partial charge in [-0.05, 0) is 5.56 Å². The van der Waals surface area contributed by atoms with Gasteiger partial charge in [-0.1, -0.05) is 30.3 Å². The molecule has 1 unspecified atom stereocenters. The van der Waals surface area contributed by atoms with Crippen LogP contribution in [0.15, 0.2) is 35.4 Å². The van der Waals surface area contributed by atoms with Gasteiger partial charge in [0.2, 0.25) is 5.91 Å². The maximum Gasteiger partial charge on any atom is 0.268 e. The number of hydrogen-bond acceptors (Lipinski definition) is 4. The number of nitriles is 1. The molecule has 0 radical (unpaired) electrons. The van der Waals surface area contributed by atoms with Gasteiger partial charge in [-0.2, -0.15) is 10.4 Å². The van der Waals surface area contributed by atoms with Gasteiger partial charge in [0, 0.05) is 12.8 Å². The van der Waals surface area contributed by atoms with Crippen molar-refractivity contribution < 1.29 is 9.59 Å². The maximum atomic E-state index is 11.9. The van der Waals surface area contributed by atoms with E-state index in [4.69, 9.17) is 5.26 Å². The van der Waals surface area contributed by atoms with Crippen molar-refractivity contribution in [2.24, 2.45) is 5.10 Å². The van der Waals surface area contributed by atoms with Gasteiger partial charge in [0.1, 0.15) is 11.8 Å². The normalized spacial score (nSPS) is 15.7. The van der Waals surface area contributed by atoms with Crippen LogP contribution in [0.1, 0.15) is 24.4 Å². The molecule has 1 atom stereocenters. The molecule has 6 nitrogen and oxygen atoms in total. The molecule has 0 bridgehead atoms. The Labute approximate surface area is 110 Å². The number of benzene rings is 1. The molecule has 0 saturated carbocycles. The molecule has 2 N–H and O–H groups in total. The molecule has 6 heteroatoms. The van der Waals surface area contributed by atoms with Gasteiger partial charge in [-0.15, -0.1) is 0 Å². The van der Waals surface area contributed by atoms with E-state index in [1.54, 1.807) is 24.3 Å². The standard InChI is InChI=1S/C13H12N4O2/c14-8-11(9-4-2-1-3-5-9)15-13(19)10-6-7-12(18)17-16-10/h1-5,11H,6-7H2,(H,15,19)(H,17,18). The minimum Gasteiger partial charge on any atom is -0.331 e. The van der Waals surface area contributed by atoms with E-state index in [-0.39, 0.29) is 24.5 Å². The summed E-state index contributed by atoms with van der Waals surface area (Å²) in [7, 11) is 0. The average Bonchev–Trinajstić information content (AvgIpc) is 2.46. The third kappa shape index (κ3) is 3.16. The third-order valence-corrected chi connectivity index (χ3v) is 2.70. The second kappa shape index (κ2) is 5.78. The molecule has 0 aromatic heterocycles. The van der Waals surface area contributed by atoms with Gasteiger partial charge < -0.3 is 5.32 Å². The van der Waals surface area contributed by atoms with Crippen LogP contribution in [-0.2, 0) is 9.59 Å². The number of hydrazone groups is 1. The highest BCUT2D eigenvalue weighted by Gasteiger charge is 2.21. The predicted octanol–water partition coefficient (Wildman–Crippen LogP) is 0.633. The van der Waals surface area contributed by atoms with Crippen molar-refractivity contribution in [3.63, 3.8) is 0 Å². The van der Waals surface area contributed by atoms with E-state index in [0.717, 1.165) is 0 Å². The number of carbonyl (C=O) groups excluding carboxylic acids is 2. The summed E-state index contributed by atoms with van der Waals surface area (Å²) < 4.78 is 0. The summed E-state index contributed by atoms with van der Waals surface area (Å²) in [6, 6.07) is 10.2. The molecule has 2 amide bonds. The zero-order valence-corrected chi connectivity index (χ0v) is 10.1. The summed E-state index contributed by atoms with van der Waals surface area (Å²) >= 11 is 0. The van der Waals surface area contributed by atoms with Gasteiger partial charge in [0.25, 0.3) is 5.91 Å².